The van der Waals surface area contributed by atoms with Crippen LogP contribution in [-0.4, -0.2) is 36.4 Å². The molecular weight excluding hydrogens is 450 g/mol. The summed E-state index contributed by atoms with van der Waals surface area (Å²) in [7, 11) is 0. The number of aliphatic imine (C=N–C) groups is 1. The van der Waals surface area contributed by atoms with Crippen molar-refractivity contribution in [2.24, 2.45) is 57.2 Å². The van der Waals surface area contributed by atoms with Gasteiger partial charge in [0.25, 0.3) is 0 Å². The van der Waals surface area contributed by atoms with E-state index in [-0.39, 0.29) is 29.6 Å². The van der Waals surface area contributed by atoms with Gasteiger partial charge in [-0.05, 0) is 105 Å². The van der Waals surface area contributed by atoms with E-state index in [4.69, 9.17) is 14.5 Å². The summed E-state index contributed by atoms with van der Waals surface area (Å²) >= 11 is 0. The number of fused-ring (bicyclic) bond motifs is 5. The first-order chi connectivity index (χ1) is 17.0. The van der Waals surface area contributed by atoms with Crippen molar-refractivity contribution < 1.29 is 19.1 Å². The van der Waals surface area contributed by atoms with Crippen molar-refractivity contribution in [1.29, 1.82) is 0 Å². The molecule has 0 aromatic carbocycles. The third kappa shape index (κ3) is 4.45. The maximum absolute atomic E-state index is 12.2. The highest BCUT2D eigenvalue weighted by molar-refractivity contribution is 5.87. The molecule has 5 heteroatoms. The van der Waals surface area contributed by atoms with Gasteiger partial charge < -0.3 is 9.47 Å². The van der Waals surface area contributed by atoms with Gasteiger partial charge in [-0.25, -0.2) is 0 Å². The monoisotopic (exact) mass is 499 g/mol. The molecule has 0 saturated heterocycles. The third-order valence-corrected chi connectivity index (χ3v) is 11.9. The van der Waals surface area contributed by atoms with Gasteiger partial charge in [0.15, 0.2) is 0 Å². The highest BCUT2D eigenvalue weighted by Gasteiger charge is 2.64. The maximum Gasteiger partial charge on any atom is 0.302 e. The lowest BCUT2D eigenvalue weighted by atomic mass is 9.44. The van der Waals surface area contributed by atoms with Gasteiger partial charge in [-0.3, -0.25) is 14.6 Å². The topological polar surface area (TPSA) is 65.0 Å². The molecule has 0 unspecified atom stereocenters. The van der Waals surface area contributed by atoms with Crippen molar-refractivity contribution in [3.05, 3.63) is 0 Å². The quantitative estimate of drug-likeness (QED) is 0.408. The molecule has 11 atom stereocenters. The fourth-order valence-corrected chi connectivity index (χ4v) is 10.2. The van der Waals surface area contributed by atoms with Crippen LogP contribution in [0.3, 0.4) is 0 Å². The summed E-state index contributed by atoms with van der Waals surface area (Å²) in [5, 5.41) is 0. The first-order valence-electron chi connectivity index (χ1n) is 14.9. The summed E-state index contributed by atoms with van der Waals surface area (Å²) in [5.74, 6) is 3.86. The van der Waals surface area contributed by atoms with Crippen LogP contribution in [0.1, 0.15) is 106 Å². The summed E-state index contributed by atoms with van der Waals surface area (Å²) in [6.07, 6.45) is 11.7. The van der Waals surface area contributed by atoms with Gasteiger partial charge in [-0.15, -0.1) is 0 Å². The van der Waals surface area contributed by atoms with E-state index >= 15 is 0 Å². The molecule has 1 heterocycles. The normalized spacial score (nSPS) is 47.0. The molecular formula is C31H49NO4. The van der Waals surface area contributed by atoms with Gasteiger partial charge in [0, 0.05) is 37.9 Å². The highest BCUT2D eigenvalue weighted by Crippen LogP contribution is 2.68. The molecule has 1 aliphatic heterocycles. The Labute approximate surface area is 218 Å². The number of nitrogens with zero attached hydrogens (tertiary/aromatic N) is 1. The first-order valence-corrected chi connectivity index (χ1v) is 14.9. The summed E-state index contributed by atoms with van der Waals surface area (Å²) in [6.45, 7) is 13.9. The number of rotatable bonds is 4. The van der Waals surface area contributed by atoms with Crippen LogP contribution in [-0.2, 0) is 19.1 Å². The number of carbonyl (C=O) groups excluding carboxylic acids is 2. The van der Waals surface area contributed by atoms with Gasteiger partial charge in [0.1, 0.15) is 12.2 Å². The van der Waals surface area contributed by atoms with Gasteiger partial charge in [-0.2, -0.15) is 0 Å². The van der Waals surface area contributed by atoms with Crippen LogP contribution in [0.15, 0.2) is 4.99 Å². The smallest absolute Gasteiger partial charge is 0.302 e. The number of ether oxygens (including phenoxy) is 2. The van der Waals surface area contributed by atoms with E-state index < -0.39 is 0 Å². The van der Waals surface area contributed by atoms with Gasteiger partial charge in [-0.1, -0.05) is 27.7 Å². The molecule has 4 fully saturated rings. The van der Waals surface area contributed by atoms with E-state index in [0.29, 0.717) is 40.9 Å². The molecule has 4 aliphatic carbocycles. The molecule has 5 rings (SSSR count). The van der Waals surface area contributed by atoms with Crippen LogP contribution >= 0.6 is 0 Å². The van der Waals surface area contributed by atoms with Crippen LogP contribution in [0.5, 0.6) is 0 Å². The summed E-state index contributed by atoms with van der Waals surface area (Å²) in [5.41, 5.74) is 1.91. The molecule has 4 saturated carbocycles. The molecule has 0 amide bonds. The zero-order valence-corrected chi connectivity index (χ0v) is 23.6. The second-order valence-electron chi connectivity index (χ2n) is 13.9. The Morgan fingerprint density at radius 3 is 2.31 bits per heavy atom. The zero-order chi connectivity index (χ0) is 25.8. The molecule has 36 heavy (non-hydrogen) atoms. The van der Waals surface area contributed by atoms with Crippen molar-refractivity contribution in [2.45, 2.75) is 118 Å². The van der Waals surface area contributed by atoms with Crippen molar-refractivity contribution in [3.63, 3.8) is 0 Å². The molecule has 0 aromatic rings. The Morgan fingerprint density at radius 1 is 0.917 bits per heavy atom. The molecule has 0 aromatic heterocycles. The fourth-order valence-electron chi connectivity index (χ4n) is 10.2. The molecule has 0 bridgehead atoms. The zero-order valence-electron chi connectivity index (χ0n) is 23.6. The Bertz CT molecular complexity index is 899. The lowest BCUT2D eigenvalue weighted by molar-refractivity contribution is -0.160. The minimum absolute atomic E-state index is 0.0125. The largest absolute Gasteiger partial charge is 0.463 e. The highest BCUT2D eigenvalue weighted by atomic mass is 16.5. The average Bonchev–Trinajstić information content (AvgIpc) is 3.10. The minimum atomic E-state index is -0.134. The molecule has 0 N–H and O–H groups in total. The van der Waals surface area contributed by atoms with Gasteiger partial charge in [0.05, 0.1) is 0 Å². The predicted octanol–water partition coefficient (Wildman–Crippen LogP) is 6.63. The van der Waals surface area contributed by atoms with Crippen LogP contribution in [0.25, 0.3) is 0 Å². The van der Waals surface area contributed by atoms with E-state index in [9.17, 15) is 9.59 Å². The fraction of sp³-hybridized carbons (Fsp3) is 0.903. The second kappa shape index (κ2) is 9.73. The summed E-state index contributed by atoms with van der Waals surface area (Å²) < 4.78 is 11.8. The maximum atomic E-state index is 12.2. The van der Waals surface area contributed by atoms with Gasteiger partial charge >= 0.3 is 11.9 Å². The molecule has 5 nitrogen and oxygen atoms in total. The minimum Gasteiger partial charge on any atom is -0.463 e. The Balaban J connectivity index is 1.39. The van der Waals surface area contributed by atoms with Crippen molar-refractivity contribution in [1.82, 2.24) is 0 Å². The van der Waals surface area contributed by atoms with E-state index in [2.05, 4.69) is 27.7 Å². The number of esters is 2. The van der Waals surface area contributed by atoms with Crippen LogP contribution in [0, 0.1) is 52.3 Å². The van der Waals surface area contributed by atoms with Crippen molar-refractivity contribution >= 4 is 17.7 Å². The average molecular weight is 500 g/mol. The lowest BCUT2D eigenvalue weighted by Crippen LogP contribution is -2.54. The summed E-state index contributed by atoms with van der Waals surface area (Å²) in [6, 6.07) is 0. The third-order valence-electron chi connectivity index (χ3n) is 11.9. The van der Waals surface area contributed by atoms with E-state index in [1.165, 1.54) is 44.2 Å². The molecule has 5 aliphatic rings. The number of hydrogen-bond acceptors (Lipinski definition) is 5. The van der Waals surface area contributed by atoms with Crippen molar-refractivity contribution in [2.75, 3.05) is 6.54 Å². The predicted molar refractivity (Wildman–Crippen MR) is 142 cm³/mol. The lowest BCUT2D eigenvalue weighted by Gasteiger charge is -2.61. The van der Waals surface area contributed by atoms with E-state index in [1.807, 2.05) is 0 Å². The first kappa shape index (κ1) is 26.2. The molecule has 202 valence electrons. The molecule has 0 spiro atoms. The van der Waals surface area contributed by atoms with E-state index in [0.717, 1.165) is 38.1 Å². The van der Waals surface area contributed by atoms with Crippen LogP contribution in [0.4, 0.5) is 0 Å². The Hall–Kier alpha value is -1.39. The number of carbonyl (C=O) groups is 2. The van der Waals surface area contributed by atoms with Gasteiger partial charge in [0.2, 0.25) is 0 Å². The Morgan fingerprint density at radius 2 is 1.64 bits per heavy atom. The standard InChI is InChI=1S/C31H49NO4/c1-18-7-10-27(32-17-18)19(2)29-28(36-21(4)34)16-26-24-9-8-22-15-23(35-20(3)33)11-13-30(22,5)25(24)12-14-31(26,29)6/h18-19,22-26,28-29H,7-17H2,1-6H3/t18-,19+,22-,23-,24+,25-,26-,28+,29-,30-,31-/m0/s1. The SMILES string of the molecule is CC(=O)O[C@H]1CC[C@@]2(C)[C@@H](CC[C@@H]3[C@@H]2CC[C@]2(C)[C@@H]([C@H](C)C4=NC[C@@H](C)CC4)[C@H](OC(C)=O)C[C@@H]32)C1. The van der Waals surface area contributed by atoms with Crippen LogP contribution in [0.2, 0.25) is 0 Å². The molecule has 0 radical (unpaired) electrons. The summed E-state index contributed by atoms with van der Waals surface area (Å²) in [4.78, 5) is 28.9. The second-order valence-corrected chi connectivity index (χ2v) is 13.9. The van der Waals surface area contributed by atoms with Crippen molar-refractivity contribution in [3.8, 4) is 0 Å². The number of hydrogen-bond donors (Lipinski definition) is 0. The van der Waals surface area contributed by atoms with Crippen LogP contribution < -0.4 is 0 Å². The van der Waals surface area contributed by atoms with E-state index in [1.54, 1.807) is 13.8 Å². The Kier molecular flexibility index (Phi) is 7.09.